The van der Waals surface area contributed by atoms with Gasteiger partial charge in [0.2, 0.25) is 0 Å². The largest absolute Gasteiger partial charge is 0.507 e. The molecule has 0 bridgehead atoms. The number of halogens is 1. The molecular formula is C29H28FNO4. The van der Waals surface area contributed by atoms with Crippen molar-refractivity contribution in [1.82, 2.24) is 4.90 Å². The lowest BCUT2D eigenvalue weighted by Gasteiger charge is -2.25. The quantitative estimate of drug-likeness (QED) is 0.188. The first-order valence-electron chi connectivity index (χ1n) is 11.8. The molecule has 0 saturated carbocycles. The van der Waals surface area contributed by atoms with Crippen molar-refractivity contribution >= 4 is 17.4 Å². The van der Waals surface area contributed by atoms with E-state index in [1.165, 1.54) is 29.2 Å². The summed E-state index contributed by atoms with van der Waals surface area (Å²) in [5.74, 6) is -1.51. The van der Waals surface area contributed by atoms with Crippen LogP contribution in [0.4, 0.5) is 4.39 Å². The zero-order chi connectivity index (χ0) is 24.8. The second kappa shape index (κ2) is 11.0. The van der Waals surface area contributed by atoms with Crippen LogP contribution in [0.1, 0.15) is 42.5 Å². The highest BCUT2D eigenvalue weighted by molar-refractivity contribution is 6.46. The van der Waals surface area contributed by atoms with E-state index in [1.807, 2.05) is 42.5 Å². The highest BCUT2D eigenvalue weighted by Gasteiger charge is 2.45. The molecule has 0 aliphatic carbocycles. The molecule has 0 spiro atoms. The van der Waals surface area contributed by atoms with Gasteiger partial charge in [0.1, 0.15) is 17.3 Å². The van der Waals surface area contributed by atoms with Crippen molar-refractivity contribution in [2.75, 3.05) is 13.2 Å². The van der Waals surface area contributed by atoms with Gasteiger partial charge in [-0.2, -0.15) is 0 Å². The zero-order valence-electron chi connectivity index (χ0n) is 19.6. The molecule has 6 heteroatoms. The van der Waals surface area contributed by atoms with Gasteiger partial charge in [0.05, 0.1) is 18.2 Å². The second-order valence-electron chi connectivity index (χ2n) is 8.51. The molecule has 35 heavy (non-hydrogen) atoms. The minimum atomic E-state index is -0.770. The van der Waals surface area contributed by atoms with Crippen LogP contribution < -0.4 is 4.74 Å². The first-order valence-corrected chi connectivity index (χ1v) is 11.8. The van der Waals surface area contributed by atoms with Crippen molar-refractivity contribution in [3.8, 4) is 5.75 Å². The Morgan fingerprint density at radius 3 is 2.31 bits per heavy atom. The number of hydrogen-bond acceptors (Lipinski definition) is 4. The van der Waals surface area contributed by atoms with Crippen molar-refractivity contribution in [2.45, 2.75) is 32.2 Å². The molecule has 1 heterocycles. The molecule has 1 fully saturated rings. The number of benzene rings is 3. The van der Waals surface area contributed by atoms with Gasteiger partial charge in [-0.1, -0.05) is 55.8 Å². The van der Waals surface area contributed by atoms with E-state index in [2.05, 4.69) is 6.92 Å². The number of unbranched alkanes of at least 4 members (excludes halogenated alkanes) is 1. The number of Topliss-reactive ketones (excluding diaryl/α,β-unsaturated/α-hetero) is 1. The normalized spacial score (nSPS) is 17.1. The minimum Gasteiger partial charge on any atom is -0.507 e. The Kier molecular flexibility index (Phi) is 7.60. The van der Waals surface area contributed by atoms with E-state index in [4.69, 9.17) is 4.74 Å². The monoisotopic (exact) mass is 473 g/mol. The number of likely N-dealkylation sites (tertiary alicyclic amines) is 1. The molecule has 1 aliphatic heterocycles. The molecule has 3 aromatic rings. The van der Waals surface area contributed by atoms with Gasteiger partial charge in [0.15, 0.2) is 0 Å². The highest BCUT2D eigenvalue weighted by Crippen LogP contribution is 2.40. The molecule has 3 aromatic carbocycles. The fourth-order valence-corrected chi connectivity index (χ4v) is 4.20. The van der Waals surface area contributed by atoms with Gasteiger partial charge < -0.3 is 14.7 Å². The van der Waals surface area contributed by atoms with Gasteiger partial charge in [-0.15, -0.1) is 0 Å². The predicted molar refractivity (Wildman–Crippen MR) is 132 cm³/mol. The number of ketones is 1. The maximum atomic E-state index is 13.4. The van der Waals surface area contributed by atoms with Crippen LogP contribution in [0.5, 0.6) is 5.75 Å². The van der Waals surface area contributed by atoms with Crippen molar-refractivity contribution in [3.05, 3.63) is 107 Å². The van der Waals surface area contributed by atoms with Gasteiger partial charge in [-0.3, -0.25) is 9.59 Å². The van der Waals surface area contributed by atoms with Gasteiger partial charge in [-0.25, -0.2) is 4.39 Å². The lowest BCUT2D eigenvalue weighted by Crippen LogP contribution is -2.31. The van der Waals surface area contributed by atoms with E-state index in [9.17, 15) is 19.1 Å². The van der Waals surface area contributed by atoms with Crippen LogP contribution in [0.2, 0.25) is 0 Å². The number of aliphatic hydroxyl groups excluding tert-OH is 1. The average molecular weight is 474 g/mol. The van der Waals surface area contributed by atoms with Crippen LogP contribution in [0.3, 0.4) is 0 Å². The number of carbonyl (C=O) groups excluding carboxylic acids is 2. The van der Waals surface area contributed by atoms with Gasteiger partial charge in [-0.05, 0) is 60.4 Å². The Morgan fingerprint density at radius 1 is 0.971 bits per heavy atom. The Labute approximate surface area is 204 Å². The summed E-state index contributed by atoms with van der Waals surface area (Å²) >= 11 is 0. The summed E-state index contributed by atoms with van der Waals surface area (Å²) in [4.78, 5) is 27.7. The molecule has 1 saturated heterocycles. The minimum absolute atomic E-state index is 0.00526. The third-order valence-corrected chi connectivity index (χ3v) is 6.10. The molecule has 5 nitrogen and oxygen atoms in total. The van der Waals surface area contributed by atoms with Crippen LogP contribution in [-0.2, 0) is 16.0 Å². The van der Waals surface area contributed by atoms with E-state index >= 15 is 0 Å². The predicted octanol–water partition coefficient (Wildman–Crippen LogP) is 5.67. The summed E-state index contributed by atoms with van der Waals surface area (Å²) in [6.07, 6.45) is 2.52. The SMILES string of the molecule is CCCCOc1ccc(C2/C(=C(\O)c3ccc(F)cc3)C(=O)C(=O)N2CCc2ccccc2)cc1. The number of amides is 1. The van der Waals surface area contributed by atoms with Crippen LogP contribution >= 0.6 is 0 Å². The lowest BCUT2D eigenvalue weighted by atomic mass is 9.95. The number of hydrogen-bond donors (Lipinski definition) is 1. The Morgan fingerprint density at radius 2 is 1.66 bits per heavy atom. The molecular weight excluding hydrogens is 445 g/mol. The molecule has 0 radical (unpaired) electrons. The van der Waals surface area contributed by atoms with Crippen LogP contribution in [0.15, 0.2) is 84.4 Å². The Bertz CT molecular complexity index is 1200. The van der Waals surface area contributed by atoms with Crippen LogP contribution in [0.25, 0.3) is 5.76 Å². The smallest absolute Gasteiger partial charge is 0.295 e. The van der Waals surface area contributed by atoms with E-state index in [-0.39, 0.29) is 16.9 Å². The maximum absolute atomic E-state index is 13.4. The summed E-state index contributed by atoms with van der Waals surface area (Å²) in [7, 11) is 0. The summed E-state index contributed by atoms with van der Waals surface area (Å²) in [6, 6.07) is 21.4. The molecule has 1 aliphatic rings. The Balaban J connectivity index is 1.71. The van der Waals surface area contributed by atoms with E-state index in [1.54, 1.807) is 12.1 Å². The number of nitrogens with zero attached hydrogens (tertiary/aromatic N) is 1. The number of ether oxygens (including phenoxy) is 1. The first-order chi connectivity index (χ1) is 17.0. The fraction of sp³-hybridized carbons (Fsp3) is 0.241. The highest BCUT2D eigenvalue weighted by atomic mass is 19.1. The number of rotatable bonds is 9. The van der Waals surface area contributed by atoms with Crippen molar-refractivity contribution in [1.29, 1.82) is 0 Å². The van der Waals surface area contributed by atoms with E-state index in [0.717, 1.165) is 18.4 Å². The summed E-state index contributed by atoms with van der Waals surface area (Å²) < 4.78 is 19.2. The van der Waals surface area contributed by atoms with Gasteiger partial charge in [0.25, 0.3) is 11.7 Å². The van der Waals surface area contributed by atoms with E-state index in [0.29, 0.717) is 30.9 Å². The van der Waals surface area contributed by atoms with Crippen LogP contribution in [0, 0.1) is 5.82 Å². The van der Waals surface area contributed by atoms with E-state index < -0.39 is 23.5 Å². The summed E-state index contributed by atoms with van der Waals surface area (Å²) in [5, 5.41) is 11.1. The molecule has 1 atom stereocenters. The second-order valence-corrected chi connectivity index (χ2v) is 8.51. The summed E-state index contributed by atoms with van der Waals surface area (Å²) in [5.41, 5.74) is 1.99. The standard InChI is InChI=1S/C29H28FNO4/c1-2-3-19-35-24-15-11-21(12-16-24)26-25(27(32)22-9-13-23(30)14-10-22)28(33)29(34)31(26)18-17-20-7-5-4-6-8-20/h4-16,26,32H,2-3,17-19H2,1H3/b27-25+. The zero-order valence-corrected chi connectivity index (χ0v) is 19.6. The molecule has 4 rings (SSSR count). The van der Waals surface area contributed by atoms with Crippen molar-refractivity contribution < 1.29 is 23.8 Å². The maximum Gasteiger partial charge on any atom is 0.295 e. The first kappa shape index (κ1) is 24.2. The topological polar surface area (TPSA) is 66.8 Å². The van der Waals surface area contributed by atoms with Crippen molar-refractivity contribution in [2.24, 2.45) is 0 Å². The lowest BCUT2D eigenvalue weighted by molar-refractivity contribution is -0.139. The molecule has 0 aromatic heterocycles. The van der Waals surface area contributed by atoms with Crippen molar-refractivity contribution in [3.63, 3.8) is 0 Å². The number of aliphatic hydroxyl groups is 1. The van der Waals surface area contributed by atoms with Gasteiger partial charge in [0, 0.05) is 12.1 Å². The fourth-order valence-electron chi connectivity index (χ4n) is 4.20. The molecule has 1 amide bonds. The van der Waals surface area contributed by atoms with Gasteiger partial charge >= 0.3 is 0 Å². The Hall–Kier alpha value is -3.93. The third kappa shape index (κ3) is 5.43. The third-order valence-electron chi connectivity index (χ3n) is 6.10. The molecule has 1 N–H and O–H groups in total. The number of carbonyl (C=O) groups is 2. The average Bonchev–Trinajstić information content (AvgIpc) is 3.13. The molecule has 1 unspecified atom stereocenters. The van der Waals surface area contributed by atoms with Crippen LogP contribution in [-0.4, -0.2) is 34.8 Å². The summed E-state index contributed by atoms with van der Waals surface area (Å²) in [6.45, 7) is 3.00. The molecule has 180 valence electrons.